The molecule has 0 aromatic carbocycles. The van der Waals surface area contributed by atoms with Gasteiger partial charge in [0.05, 0.1) is 22.0 Å². The molecule has 1 saturated heterocycles. The molecule has 25 heavy (non-hydrogen) atoms. The van der Waals surface area contributed by atoms with E-state index in [0.29, 0.717) is 41.5 Å². The van der Waals surface area contributed by atoms with Crippen LogP contribution in [0.5, 0.6) is 0 Å². The van der Waals surface area contributed by atoms with Crippen molar-refractivity contribution in [2.75, 3.05) is 13.1 Å². The highest BCUT2D eigenvalue weighted by Gasteiger charge is 2.54. The normalized spacial score (nSPS) is 25.8. The Hall–Kier alpha value is -1.82. The van der Waals surface area contributed by atoms with E-state index < -0.39 is 17.2 Å². The fraction of sp³-hybridized carbons (Fsp3) is 0.611. The van der Waals surface area contributed by atoms with E-state index in [0.717, 1.165) is 0 Å². The fourth-order valence-corrected chi connectivity index (χ4v) is 3.59. The lowest BCUT2D eigenvalue weighted by molar-refractivity contribution is -0.0801. The Bertz CT molecular complexity index is 743. The van der Waals surface area contributed by atoms with Crippen molar-refractivity contribution in [3.05, 3.63) is 28.0 Å². The van der Waals surface area contributed by atoms with Gasteiger partial charge in [-0.3, -0.25) is 4.98 Å². The summed E-state index contributed by atoms with van der Waals surface area (Å²) in [5, 5.41) is 0.451. The van der Waals surface area contributed by atoms with E-state index in [4.69, 9.17) is 21.1 Å². The maximum absolute atomic E-state index is 12.3. The van der Waals surface area contributed by atoms with Crippen LogP contribution >= 0.6 is 11.6 Å². The molecular weight excluding hydrogens is 344 g/mol. The predicted octanol–water partition coefficient (Wildman–Crippen LogP) is 3.69. The van der Waals surface area contributed by atoms with Crippen molar-refractivity contribution in [2.24, 2.45) is 5.92 Å². The number of likely N-dealkylation sites (tertiary alicyclic amines) is 1. The zero-order valence-electron chi connectivity index (χ0n) is 15.2. The maximum atomic E-state index is 12.3. The van der Waals surface area contributed by atoms with Crippen molar-refractivity contribution in [1.29, 1.82) is 0 Å². The Morgan fingerprint density at radius 2 is 2.16 bits per heavy atom. The summed E-state index contributed by atoms with van der Waals surface area (Å²) >= 11 is 6.11. The van der Waals surface area contributed by atoms with Gasteiger partial charge < -0.3 is 14.4 Å². The molecule has 2 aliphatic rings. The second kappa shape index (κ2) is 5.87. The van der Waals surface area contributed by atoms with Gasteiger partial charge in [0.1, 0.15) is 5.60 Å². The zero-order valence-corrected chi connectivity index (χ0v) is 15.9. The van der Waals surface area contributed by atoms with Crippen LogP contribution in [-0.4, -0.2) is 40.6 Å². The molecule has 0 N–H and O–H groups in total. The third-order valence-electron chi connectivity index (χ3n) is 4.74. The van der Waals surface area contributed by atoms with E-state index in [1.54, 1.807) is 17.9 Å². The average molecular weight is 367 g/mol. The van der Waals surface area contributed by atoms with E-state index in [2.05, 4.69) is 4.98 Å². The van der Waals surface area contributed by atoms with Crippen LogP contribution in [0.1, 0.15) is 55.9 Å². The van der Waals surface area contributed by atoms with Gasteiger partial charge in [-0.1, -0.05) is 18.5 Å². The van der Waals surface area contributed by atoms with Crippen molar-refractivity contribution >= 4 is 23.7 Å². The first-order valence-electron chi connectivity index (χ1n) is 8.42. The number of halogens is 1. The molecule has 136 valence electrons. The summed E-state index contributed by atoms with van der Waals surface area (Å²) < 4.78 is 11.2. The van der Waals surface area contributed by atoms with Crippen LogP contribution in [-0.2, 0) is 15.1 Å². The van der Waals surface area contributed by atoms with Gasteiger partial charge >= 0.3 is 12.1 Å². The number of pyridine rings is 1. The number of carbonyl (C=O) groups is 2. The van der Waals surface area contributed by atoms with Crippen molar-refractivity contribution in [3.63, 3.8) is 0 Å². The first kappa shape index (κ1) is 18.0. The number of nitrogens with zero attached hydrogens (tertiary/aromatic N) is 2. The Morgan fingerprint density at radius 3 is 2.76 bits per heavy atom. The van der Waals surface area contributed by atoms with Crippen LogP contribution in [0, 0.1) is 12.8 Å². The number of aromatic nitrogens is 1. The number of fused-ring (bicyclic) bond motifs is 2. The number of aryl methyl sites for hydroxylation is 1. The lowest BCUT2D eigenvalue weighted by atomic mass is 9.79. The highest BCUT2D eigenvalue weighted by molar-refractivity contribution is 6.31. The van der Waals surface area contributed by atoms with E-state index in [1.807, 2.05) is 27.7 Å². The Morgan fingerprint density at radius 1 is 1.48 bits per heavy atom. The summed E-state index contributed by atoms with van der Waals surface area (Å²) in [6, 6.07) is 1.63. The molecule has 7 heteroatoms. The molecule has 2 atom stereocenters. The van der Waals surface area contributed by atoms with Gasteiger partial charge in [0.25, 0.3) is 0 Å². The van der Waals surface area contributed by atoms with Crippen LogP contribution in [0.3, 0.4) is 0 Å². The fourth-order valence-electron chi connectivity index (χ4n) is 3.44. The molecule has 3 heterocycles. The number of esters is 1. The monoisotopic (exact) mass is 366 g/mol. The summed E-state index contributed by atoms with van der Waals surface area (Å²) in [6.45, 7) is 10.2. The summed E-state index contributed by atoms with van der Waals surface area (Å²) in [4.78, 5) is 30.9. The number of hydrogen-bond acceptors (Lipinski definition) is 5. The SMILES string of the molecule is Cc1nc2c(cc1Cl)C(=O)OC21CCN(C(=O)OC(C)(C)C)CC1C. The molecule has 0 bridgehead atoms. The summed E-state index contributed by atoms with van der Waals surface area (Å²) in [5.41, 5.74) is 0.376. The molecule has 1 amide bonds. The molecule has 2 aliphatic heterocycles. The number of amides is 1. The lowest BCUT2D eigenvalue weighted by Gasteiger charge is -2.43. The highest BCUT2D eigenvalue weighted by atomic mass is 35.5. The minimum Gasteiger partial charge on any atom is -0.448 e. The minimum atomic E-state index is -0.805. The second-order valence-corrected chi connectivity index (χ2v) is 8.22. The van der Waals surface area contributed by atoms with Crippen molar-refractivity contribution in [3.8, 4) is 0 Å². The van der Waals surface area contributed by atoms with Crippen LogP contribution in [0.2, 0.25) is 5.02 Å². The van der Waals surface area contributed by atoms with Crippen molar-refractivity contribution < 1.29 is 19.1 Å². The number of piperidine rings is 1. The molecule has 1 fully saturated rings. The molecular formula is C18H23ClN2O4. The third kappa shape index (κ3) is 3.08. The van der Waals surface area contributed by atoms with E-state index in [1.165, 1.54) is 0 Å². The lowest BCUT2D eigenvalue weighted by Crippen LogP contribution is -2.52. The molecule has 1 aromatic heterocycles. The molecule has 1 aromatic rings. The van der Waals surface area contributed by atoms with Gasteiger partial charge in [-0.25, -0.2) is 9.59 Å². The summed E-state index contributed by atoms with van der Waals surface area (Å²) in [5.74, 6) is -0.506. The van der Waals surface area contributed by atoms with Gasteiger partial charge in [0.2, 0.25) is 0 Å². The standard InChI is InChI=1S/C18H23ClN2O4/c1-10-9-21(16(23)25-17(3,4)5)7-6-18(10)14-12(15(22)24-18)8-13(19)11(2)20-14/h8,10H,6-7,9H2,1-5H3. The smallest absolute Gasteiger partial charge is 0.410 e. The largest absolute Gasteiger partial charge is 0.448 e. The van der Waals surface area contributed by atoms with Crippen LogP contribution < -0.4 is 0 Å². The summed E-state index contributed by atoms with van der Waals surface area (Å²) in [6.07, 6.45) is 0.138. The highest BCUT2D eigenvalue weighted by Crippen LogP contribution is 2.47. The maximum Gasteiger partial charge on any atom is 0.410 e. The van der Waals surface area contributed by atoms with Gasteiger partial charge in [-0.15, -0.1) is 0 Å². The molecule has 3 rings (SSSR count). The Kier molecular flexibility index (Phi) is 4.22. The van der Waals surface area contributed by atoms with E-state index in [-0.39, 0.29) is 12.0 Å². The van der Waals surface area contributed by atoms with Crippen molar-refractivity contribution in [2.45, 2.75) is 52.2 Å². The number of rotatable bonds is 0. The topological polar surface area (TPSA) is 68.7 Å². The Balaban J connectivity index is 1.87. The second-order valence-electron chi connectivity index (χ2n) is 7.81. The Labute approximate surface area is 152 Å². The van der Waals surface area contributed by atoms with Gasteiger partial charge in [-0.2, -0.15) is 0 Å². The van der Waals surface area contributed by atoms with Crippen LogP contribution in [0.25, 0.3) is 0 Å². The molecule has 1 spiro atoms. The van der Waals surface area contributed by atoms with Crippen LogP contribution in [0.15, 0.2) is 6.07 Å². The number of ether oxygens (including phenoxy) is 2. The van der Waals surface area contributed by atoms with Gasteiger partial charge in [0.15, 0.2) is 5.60 Å². The molecule has 0 radical (unpaired) electrons. The van der Waals surface area contributed by atoms with E-state index >= 15 is 0 Å². The first-order chi connectivity index (χ1) is 11.5. The number of hydrogen-bond donors (Lipinski definition) is 0. The van der Waals surface area contributed by atoms with Gasteiger partial charge in [-0.05, 0) is 33.8 Å². The molecule has 6 nitrogen and oxygen atoms in total. The number of carbonyl (C=O) groups excluding carboxylic acids is 2. The van der Waals surface area contributed by atoms with Gasteiger partial charge in [0, 0.05) is 25.4 Å². The first-order valence-corrected chi connectivity index (χ1v) is 8.80. The van der Waals surface area contributed by atoms with Crippen LogP contribution in [0.4, 0.5) is 4.79 Å². The average Bonchev–Trinajstić information content (AvgIpc) is 2.74. The van der Waals surface area contributed by atoms with Crippen molar-refractivity contribution in [1.82, 2.24) is 9.88 Å². The molecule has 0 aliphatic carbocycles. The quantitative estimate of drug-likeness (QED) is 0.655. The van der Waals surface area contributed by atoms with E-state index in [9.17, 15) is 9.59 Å². The summed E-state index contributed by atoms with van der Waals surface area (Å²) in [7, 11) is 0. The zero-order chi connectivity index (χ0) is 18.6. The molecule has 2 unspecified atom stereocenters. The predicted molar refractivity (Wildman–Crippen MR) is 92.7 cm³/mol. The third-order valence-corrected chi connectivity index (χ3v) is 5.12. The minimum absolute atomic E-state index is 0.105. The molecule has 0 saturated carbocycles.